The summed E-state index contributed by atoms with van der Waals surface area (Å²) in [4.78, 5) is 13.0. The molecular weight excluding hydrogens is 452 g/mol. The summed E-state index contributed by atoms with van der Waals surface area (Å²) in [5.74, 6) is -0.307. The lowest BCUT2D eigenvalue weighted by Gasteiger charge is -2.24. The number of carbonyl (C=O) groups excluding carboxylic acids is 1. The molecule has 5 nitrogen and oxygen atoms in total. The van der Waals surface area contributed by atoms with E-state index < -0.39 is 16.1 Å². The fourth-order valence-electron chi connectivity index (χ4n) is 3.35. The van der Waals surface area contributed by atoms with E-state index in [1.807, 2.05) is 26.0 Å². The summed E-state index contributed by atoms with van der Waals surface area (Å²) in [6, 6.07) is 9.11. The molecule has 0 aliphatic carbocycles. The minimum atomic E-state index is -3.76. The van der Waals surface area contributed by atoms with Crippen LogP contribution in [-0.2, 0) is 14.8 Å². The Labute approximate surface area is 172 Å². The third-order valence-corrected chi connectivity index (χ3v) is 7.30. The largest absolute Gasteiger partial charge is 0.324 e. The molecule has 0 spiro atoms. The van der Waals surface area contributed by atoms with Crippen molar-refractivity contribution in [2.75, 3.05) is 11.9 Å². The van der Waals surface area contributed by atoms with E-state index in [4.69, 9.17) is 11.6 Å². The van der Waals surface area contributed by atoms with Gasteiger partial charge >= 0.3 is 0 Å². The van der Waals surface area contributed by atoms with Crippen LogP contribution in [0, 0.1) is 13.8 Å². The molecule has 1 heterocycles. The number of anilines is 1. The van der Waals surface area contributed by atoms with Crippen molar-refractivity contribution in [3.63, 3.8) is 0 Å². The number of hydrogen-bond acceptors (Lipinski definition) is 3. The van der Waals surface area contributed by atoms with Crippen LogP contribution in [0.3, 0.4) is 0 Å². The van der Waals surface area contributed by atoms with Gasteiger partial charge in [-0.3, -0.25) is 4.79 Å². The van der Waals surface area contributed by atoms with Gasteiger partial charge in [0.2, 0.25) is 15.9 Å². The molecule has 1 amide bonds. The van der Waals surface area contributed by atoms with E-state index >= 15 is 0 Å². The molecule has 0 radical (unpaired) electrons. The molecule has 144 valence electrons. The molecule has 1 N–H and O–H groups in total. The van der Waals surface area contributed by atoms with Crippen molar-refractivity contribution in [2.45, 2.75) is 37.6 Å². The molecule has 1 aliphatic rings. The molecule has 0 bridgehead atoms. The summed E-state index contributed by atoms with van der Waals surface area (Å²) in [5.41, 5.74) is 2.56. The van der Waals surface area contributed by atoms with E-state index in [0.717, 1.165) is 21.3 Å². The van der Waals surface area contributed by atoms with Crippen molar-refractivity contribution in [3.8, 4) is 0 Å². The van der Waals surface area contributed by atoms with Crippen LogP contribution in [0.1, 0.15) is 24.0 Å². The quantitative estimate of drug-likeness (QED) is 0.713. The lowest BCUT2D eigenvalue weighted by molar-refractivity contribution is -0.119. The first-order chi connectivity index (χ1) is 12.7. The minimum Gasteiger partial charge on any atom is -0.324 e. The number of aryl methyl sites for hydroxylation is 2. The molecule has 2 aromatic carbocycles. The summed E-state index contributed by atoms with van der Waals surface area (Å²) >= 11 is 9.29. The van der Waals surface area contributed by atoms with E-state index in [0.29, 0.717) is 24.4 Å². The highest BCUT2D eigenvalue weighted by atomic mass is 79.9. The normalized spacial score (nSPS) is 17.9. The molecule has 8 heteroatoms. The Kier molecular flexibility index (Phi) is 5.96. The van der Waals surface area contributed by atoms with E-state index in [-0.39, 0.29) is 10.8 Å². The number of benzene rings is 2. The third-order valence-electron chi connectivity index (χ3n) is 4.67. The SMILES string of the molecule is Cc1cc(Br)cc(C)c1NC(=O)C1CCCN1S(=O)(=O)c1ccc(Cl)cc1. The topological polar surface area (TPSA) is 66.5 Å². The first-order valence-corrected chi connectivity index (χ1v) is 11.2. The van der Waals surface area contributed by atoms with Gasteiger partial charge in [-0.25, -0.2) is 8.42 Å². The van der Waals surface area contributed by atoms with Crippen LogP contribution >= 0.6 is 27.5 Å². The first kappa shape index (κ1) is 20.3. The maximum Gasteiger partial charge on any atom is 0.243 e. The Balaban J connectivity index is 1.86. The Hall–Kier alpha value is -1.41. The van der Waals surface area contributed by atoms with E-state index in [2.05, 4.69) is 21.2 Å². The summed E-state index contributed by atoms with van der Waals surface area (Å²) in [5, 5.41) is 3.39. The van der Waals surface area contributed by atoms with E-state index in [1.54, 1.807) is 0 Å². The van der Waals surface area contributed by atoms with Crippen LogP contribution in [0.2, 0.25) is 5.02 Å². The average molecular weight is 472 g/mol. The predicted molar refractivity (Wildman–Crippen MR) is 111 cm³/mol. The van der Waals surface area contributed by atoms with Gasteiger partial charge < -0.3 is 5.32 Å². The Morgan fingerprint density at radius 3 is 2.37 bits per heavy atom. The summed E-state index contributed by atoms with van der Waals surface area (Å²) in [6.07, 6.45) is 1.14. The summed E-state index contributed by atoms with van der Waals surface area (Å²) in [6.45, 7) is 4.13. The number of nitrogens with one attached hydrogen (secondary N) is 1. The van der Waals surface area contributed by atoms with Crippen LogP contribution in [0.25, 0.3) is 0 Å². The van der Waals surface area contributed by atoms with E-state index in [1.165, 1.54) is 28.6 Å². The molecule has 3 rings (SSSR count). The maximum atomic E-state index is 13.0. The molecular formula is C19H20BrClN2O3S. The second kappa shape index (κ2) is 7.91. The molecule has 0 saturated carbocycles. The van der Waals surface area contributed by atoms with Crippen molar-refractivity contribution >= 4 is 49.1 Å². The molecule has 1 unspecified atom stereocenters. The van der Waals surface area contributed by atoms with E-state index in [9.17, 15) is 13.2 Å². The highest BCUT2D eigenvalue weighted by Crippen LogP contribution is 2.30. The van der Waals surface area contributed by atoms with Gasteiger partial charge in [-0.1, -0.05) is 27.5 Å². The van der Waals surface area contributed by atoms with Crippen molar-refractivity contribution in [1.82, 2.24) is 4.31 Å². The number of rotatable bonds is 4. The highest BCUT2D eigenvalue weighted by Gasteiger charge is 2.39. The first-order valence-electron chi connectivity index (χ1n) is 8.55. The van der Waals surface area contributed by atoms with Crippen molar-refractivity contribution in [1.29, 1.82) is 0 Å². The number of carbonyl (C=O) groups is 1. The Bertz CT molecular complexity index is 954. The van der Waals surface area contributed by atoms with Crippen molar-refractivity contribution in [3.05, 3.63) is 57.0 Å². The molecule has 1 fully saturated rings. The second-order valence-corrected chi connectivity index (χ2v) is 9.87. The zero-order valence-electron chi connectivity index (χ0n) is 15.0. The molecule has 1 atom stereocenters. The van der Waals surface area contributed by atoms with Crippen LogP contribution < -0.4 is 5.32 Å². The molecule has 2 aromatic rings. The summed E-state index contributed by atoms with van der Waals surface area (Å²) < 4.78 is 28.2. The van der Waals surface area contributed by atoms with Crippen LogP contribution in [0.15, 0.2) is 45.8 Å². The fraction of sp³-hybridized carbons (Fsp3) is 0.316. The number of sulfonamides is 1. The summed E-state index contributed by atoms with van der Waals surface area (Å²) in [7, 11) is -3.76. The van der Waals surface area contributed by atoms with Gasteiger partial charge in [-0.15, -0.1) is 0 Å². The lowest BCUT2D eigenvalue weighted by atomic mass is 10.1. The monoisotopic (exact) mass is 470 g/mol. The zero-order valence-corrected chi connectivity index (χ0v) is 18.2. The second-order valence-electron chi connectivity index (χ2n) is 6.63. The number of halogens is 2. The van der Waals surface area contributed by atoms with Gasteiger partial charge in [0.05, 0.1) is 4.90 Å². The highest BCUT2D eigenvalue weighted by molar-refractivity contribution is 9.10. The van der Waals surface area contributed by atoms with Gasteiger partial charge in [0, 0.05) is 21.7 Å². The smallest absolute Gasteiger partial charge is 0.243 e. The van der Waals surface area contributed by atoms with Crippen LogP contribution in [0.4, 0.5) is 5.69 Å². The van der Waals surface area contributed by atoms with Gasteiger partial charge in [-0.05, 0) is 74.2 Å². The average Bonchev–Trinajstić information content (AvgIpc) is 3.09. The van der Waals surface area contributed by atoms with Crippen LogP contribution in [-0.4, -0.2) is 31.2 Å². The Morgan fingerprint density at radius 1 is 1.19 bits per heavy atom. The number of nitrogens with zero attached hydrogens (tertiary/aromatic N) is 1. The minimum absolute atomic E-state index is 0.141. The third kappa shape index (κ3) is 4.21. The Morgan fingerprint density at radius 2 is 1.78 bits per heavy atom. The van der Waals surface area contributed by atoms with Gasteiger partial charge in [0.15, 0.2) is 0 Å². The fourth-order valence-corrected chi connectivity index (χ4v) is 5.82. The molecule has 1 aliphatic heterocycles. The van der Waals surface area contributed by atoms with Crippen molar-refractivity contribution < 1.29 is 13.2 Å². The van der Waals surface area contributed by atoms with Gasteiger partial charge in [0.1, 0.15) is 6.04 Å². The lowest BCUT2D eigenvalue weighted by Crippen LogP contribution is -2.43. The number of amides is 1. The van der Waals surface area contributed by atoms with Crippen LogP contribution in [0.5, 0.6) is 0 Å². The van der Waals surface area contributed by atoms with Gasteiger partial charge in [-0.2, -0.15) is 4.31 Å². The number of hydrogen-bond donors (Lipinski definition) is 1. The predicted octanol–water partition coefficient (Wildman–Crippen LogP) is 4.51. The standard InChI is InChI=1S/C19H20BrClN2O3S/c1-12-10-14(20)11-13(2)18(12)22-19(24)17-4-3-9-23(17)27(25,26)16-7-5-15(21)6-8-16/h5-8,10-11,17H,3-4,9H2,1-2H3,(H,22,24). The molecule has 1 saturated heterocycles. The molecule has 0 aromatic heterocycles. The molecule has 27 heavy (non-hydrogen) atoms. The van der Waals surface area contributed by atoms with Crippen molar-refractivity contribution in [2.24, 2.45) is 0 Å². The van der Waals surface area contributed by atoms with Gasteiger partial charge in [0.25, 0.3) is 0 Å². The maximum absolute atomic E-state index is 13.0. The zero-order chi connectivity index (χ0) is 19.8.